The van der Waals surface area contributed by atoms with Crippen molar-refractivity contribution in [1.82, 2.24) is 5.32 Å². The Morgan fingerprint density at radius 2 is 2.19 bits per heavy atom. The van der Waals surface area contributed by atoms with Gasteiger partial charge < -0.3 is 15.8 Å². The molecule has 0 aromatic heterocycles. The van der Waals surface area contributed by atoms with Crippen LogP contribution in [-0.2, 0) is 16.1 Å². The Kier molecular flexibility index (Phi) is 4.47. The predicted molar refractivity (Wildman–Crippen MR) is 58.7 cm³/mol. The minimum Gasteiger partial charge on any atom is -0.468 e. The van der Waals surface area contributed by atoms with Crippen molar-refractivity contribution in [2.45, 2.75) is 6.54 Å². The SMILES string of the molecule is COC(=O)CNC(=O)c1cccc(CN)c1. The molecule has 0 saturated carbocycles. The van der Waals surface area contributed by atoms with E-state index in [1.807, 2.05) is 6.07 Å². The normalized spacial score (nSPS) is 9.62. The van der Waals surface area contributed by atoms with Gasteiger partial charge in [-0.3, -0.25) is 9.59 Å². The summed E-state index contributed by atoms with van der Waals surface area (Å²) in [5.41, 5.74) is 6.80. The molecule has 86 valence electrons. The molecule has 16 heavy (non-hydrogen) atoms. The van der Waals surface area contributed by atoms with Crippen molar-refractivity contribution in [3.8, 4) is 0 Å². The first-order valence-corrected chi connectivity index (χ1v) is 4.81. The van der Waals surface area contributed by atoms with Crippen molar-refractivity contribution in [3.05, 3.63) is 35.4 Å². The summed E-state index contributed by atoms with van der Waals surface area (Å²) in [5.74, 6) is -0.802. The van der Waals surface area contributed by atoms with Crippen LogP contribution in [0.1, 0.15) is 15.9 Å². The minimum absolute atomic E-state index is 0.137. The van der Waals surface area contributed by atoms with Gasteiger partial charge in [-0.25, -0.2) is 0 Å². The third-order valence-corrected chi connectivity index (χ3v) is 2.05. The quantitative estimate of drug-likeness (QED) is 0.705. The number of ether oxygens (including phenoxy) is 1. The van der Waals surface area contributed by atoms with E-state index in [-0.39, 0.29) is 12.5 Å². The van der Waals surface area contributed by atoms with Gasteiger partial charge in [0.05, 0.1) is 7.11 Å². The molecule has 0 atom stereocenters. The van der Waals surface area contributed by atoms with E-state index in [1.165, 1.54) is 7.11 Å². The Balaban J connectivity index is 2.62. The van der Waals surface area contributed by atoms with Crippen molar-refractivity contribution < 1.29 is 14.3 Å². The van der Waals surface area contributed by atoms with E-state index in [9.17, 15) is 9.59 Å². The molecular weight excluding hydrogens is 208 g/mol. The monoisotopic (exact) mass is 222 g/mol. The smallest absolute Gasteiger partial charge is 0.325 e. The maximum Gasteiger partial charge on any atom is 0.325 e. The summed E-state index contributed by atoms with van der Waals surface area (Å²) in [4.78, 5) is 22.4. The number of methoxy groups -OCH3 is 1. The van der Waals surface area contributed by atoms with Crippen LogP contribution >= 0.6 is 0 Å². The topological polar surface area (TPSA) is 81.4 Å². The molecule has 0 unspecified atom stereocenters. The maximum absolute atomic E-state index is 11.6. The number of nitrogens with two attached hydrogens (primary N) is 1. The average Bonchev–Trinajstić information content (AvgIpc) is 2.35. The lowest BCUT2D eigenvalue weighted by molar-refractivity contribution is -0.139. The van der Waals surface area contributed by atoms with E-state index in [4.69, 9.17) is 5.73 Å². The van der Waals surface area contributed by atoms with Gasteiger partial charge >= 0.3 is 5.97 Å². The summed E-state index contributed by atoms with van der Waals surface area (Å²) in [5, 5.41) is 2.45. The number of hydrogen-bond acceptors (Lipinski definition) is 4. The first kappa shape index (κ1) is 12.2. The van der Waals surface area contributed by atoms with Crippen LogP contribution in [-0.4, -0.2) is 25.5 Å². The van der Waals surface area contributed by atoms with E-state index in [0.717, 1.165) is 5.56 Å². The lowest BCUT2D eigenvalue weighted by Crippen LogP contribution is -2.30. The zero-order chi connectivity index (χ0) is 12.0. The van der Waals surface area contributed by atoms with Crippen molar-refractivity contribution >= 4 is 11.9 Å². The number of carbonyl (C=O) groups is 2. The Hall–Kier alpha value is -1.88. The van der Waals surface area contributed by atoms with Gasteiger partial charge in [0, 0.05) is 12.1 Å². The molecule has 1 aromatic carbocycles. The molecule has 0 aliphatic rings. The molecule has 5 nitrogen and oxygen atoms in total. The highest BCUT2D eigenvalue weighted by Crippen LogP contribution is 2.04. The number of carbonyl (C=O) groups excluding carboxylic acids is 2. The zero-order valence-electron chi connectivity index (χ0n) is 9.03. The van der Waals surface area contributed by atoms with Gasteiger partial charge in [0.2, 0.25) is 0 Å². The molecule has 0 radical (unpaired) electrons. The van der Waals surface area contributed by atoms with Crippen LogP contribution in [0.15, 0.2) is 24.3 Å². The molecule has 0 spiro atoms. The summed E-state index contributed by atoms with van der Waals surface area (Å²) in [6.07, 6.45) is 0. The Bertz CT molecular complexity index is 391. The van der Waals surface area contributed by atoms with E-state index in [2.05, 4.69) is 10.1 Å². The maximum atomic E-state index is 11.6. The lowest BCUT2D eigenvalue weighted by Gasteiger charge is -2.05. The number of nitrogens with one attached hydrogen (secondary N) is 1. The molecule has 0 heterocycles. The van der Waals surface area contributed by atoms with Crippen LogP contribution in [0.3, 0.4) is 0 Å². The second kappa shape index (κ2) is 5.87. The predicted octanol–water partition coefficient (Wildman–Crippen LogP) is 0.0481. The van der Waals surface area contributed by atoms with Crippen molar-refractivity contribution in [3.63, 3.8) is 0 Å². The highest BCUT2D eigenvalue weighted by Gasteiger charge is 2.07. The van der Waals surface area contributed by atoms with Gasteiger partial charge in [-0.15, -0.1) is 0 Å². The van der Waals surface area contributed by atoms with Gasteiger partial charge in [0.1, 0.15) is 6.54 Å². The van der Waals surface area contributed by atoms with Gasteiger partial charge in [0.15, 0.2) is 0 Å². The van der Waals surface area contributed by atoms with Crippen LogP contribution in [0.5, 0.6) is 0 Å². The summed E-state index contributed by atoms with van der Waals surface area (Å²) in [7, 11) is 1.27. The highest BCUT2D eigenvalue weighted by atomic mass is 16.5. The lowest BCUT2D eigenvalue weighted by atomic mass is 10.1. The molecule has 1 aromatic rings. The largest absolute Gasteiger partial charge is 0.468 e. The highest BCUT2D eigenvalue weighted by molar-refractivity contribution is 5.96. The minimum atomic E-state index is -0.483. The van der Waals surface area contributed by atoms with Crippen LogP contribution in [0.4, 0.5) is 0 Å². The van der Waals surface area contributed by atoms with Crippen LogP contribution < -0.4 is 11.1 Å². The van der Waals surface area contributed by atoms with E-state index >= 15 is 0 Å². The number of benzene rings is 1. The van der Waals surface area contributed by atoms with Crippen molar-refractivity contribution in [1.29, 1.82) is 0 Å². The summed E-state index contributed by atoms with van der Waals surface area (Å²) in [6, 6.07) is 6.92. The molecular formula is C11H14N2O3. The molecule has 1 rings (SSSR count). The summed E-state index contributed by atoms with van der Waals surface area (Å²) >= 11 is 0. The third kappa shape index (κ3) is 3.36. The van der Waals surface area contributed by atoms with Crippen LogP contribution in [0, 0.1) is 0 Å². The number of esters is 1. The van der Waals surface area contributed by atoms with E-state index < -0.39 is 5.97 Å². The van der Waals surface area contributed by atoms with Crippen molar-refractivity contribution in [2.24, 2.45) is 5.73 Å². The molecule has 1 amide bonds. The number of amides is 1. The molecule has 0 bridgehead atoms. The fourth-order valence-electron chi connectivity index (χ4n) is 1.17. The summed E-state index contributed by atoms with van der Waals surface area (Å²) < 4.78 is 4.41. The molecule has 0 fully saturated rings. The number of hydrogen-bond donors (Lipinski definition) is 2. The molecule has 5 heteroatoms. The fraction of sp³-hybridized carbons (Fsp3) is 0.273. The van der Waals surface area contributed by atoms with E-state index in [0.29, 0.717) is 12.1 Å². The Morgan fingerprint density at radius 1 is 1.44 bits per heavy atom. The van der Waals surface area contributed by atoms with Gasteiger partial charge in [-0.2, -0.15) is 0 Å². The molecule has 3 N–H and O–H groups in total. The van der Waals surface area contributed by atoms with Crippen molar-refractivity contribution in [2.75, 3.05) is 13.7 Å². The second-order valence-electron chi connectivity index (χ2n) is 3.16. The first-order chi connectivity index (χ1) is 7.67. The summed E-state index contributed by atoms with van der Waals surface area (Å²) in [6.45, 7) is 0.236. The Morgan fingerprint density at radius 3 is 2.81 bits per heavy atom. The Labute approximate surface area is 93.6 Å². The zero-order valence-corrected chi connectivity index (χ0v) is 9.03. The van der Waals surface area contributed by atoms with Crippen LogP contribution in [0.2, 0.25) is 0 Å². The van der Waals surface area contributed by atoms with E-state index in [1.54, 1.807) is 18.2 Å². The van der Waals surface area contributed by atoms with Gasteiger partial charge in [0.25, 0.3) is 5.91 Å². The third-order valence-electron chi connectivity index (χ3n) is 2.05. The second-order valence-corrected chi connectivity index (χ2v) is 3.16. The van der Waals surface area contributed by atoms with Gasteiger partial charge in [-0.1, -0.05) is 12.1 Å². The standard InChI is InChI=1S/C11H14N2O3/c1-16-10(14)7-13-11(15)9-4-2-3-8(5-9)6-12/h2-5H,6-7,12H2,1H3,(H,13,15). The first-order valence-electron chi connectivity index (χ1n) is 4.81. The molecule has 0 aliphatic carbocycles. The average molecular weight is 222 g/mol. The molecule has 0 saturated heterocycles. The number of rotatable bonds is 4. The molecule has 0 aliphatic heterocycles. The van der Waals surface area contributed by atoms with Crippen LogP contribution in [0.25, 0.3) is 0 Å². The van der Waals surface area contributed by atoms with Gasteiger partial charge in [-0.05, 0) is 17.7 Å². The fourth-order valence-corrected chi connectivity index (χ4v) is 1.17.